The topological polar surface area (TPSA) is 97.0 Å². The van der Waals surface area contributed by atoms with Crippen molar-refractivity contribution >= 4 is 34.1 Å². The van der Waals surface area contributed by atoms with E-state index in [1.54, 1.807) is 7.11 Å². The number of aryl methyl sites for hydroxylation is 1. The zero-order chi connectivity index (χ0) is 19.2. The van der Waals surface area contributed by atoms with Gasteiger partial charge in [0.05, 0.1) is 24.9 Å². The summed E-state index contributed by atoms with van der Waals surface area (Å²) in [5.74, 6) is 1.14. The second-order valence-electron chi connectivity index (χ2n) is 5.70. The number of methoxy groups -OCH3 is 1. The number of hydrogen-bond donors (Lipinski definition) is 2. The molecule has 0 radical (unpaired) electrons. The Morgan fingerprint density at radius 3 is 2.93 bits per heavy atom. The van der Waals surface area contributed by atoms with E-state index in [-0.39, 0.29) is 17.9 Å². The van der Waals surface area contributed by atoms with Gasteiger partial charge in [-0.3, -0.25) is 9.59 Å². The molecule has 2 heterocycles. The summed E-state index contributed by atoms with van der Waals surface area (Å²) in [5, 5.41) is 5.58. The van der Waals surface area contributed by atoms with Crippen LogP contribution in [-0.2, 0) is 17.0 Å². The fraction of sp³-hybridized carbons (Fsp3) is 0.222. The highest BCUT2D eigenvalue weighted by atomic mass is 32.2. The molecule has 0 aliphatic carbocycles. The molecule has 0 aliphatic heterocycles. The monoisotopic (exact) mass is 402 g/mol. The minimum absolute atomic E-state index is 0.00919. The standard InChI is InChI=1S/C18H18N4O3S2/c1-11-9-26-17(19-11)21-15(23)7-13-8-16(24)22-18(20-13)27-10-12-4-3-5-14(6-12)25-2/h3-6,8-9H,7,10H2,1-2H3,(H,19,21,23)(H,20,22,24). The summed E-state index contributed by atoms with van der Waals surface area (Å²) >= 11 is 2.75. The van der Waals surface area contributed by atoms with Gasteiger partial charge in [-0.05, 0) is 24.6 Å². The quantitative estimate of drug-likeness (QED) is 0.466. The molecule has 0 saturated carbocycles. The molecule has 0 unspecified atom stereocenters. The first kappa shape index (κ1) is 19.1. The highest BCUT2D eigenvalue weighted by Gasteiger charge is 2.10. The molecular formula is C18H18N4O3S2. The van der Waals surface area contributed by atoms with Crippen LogP contribution in [0.1, 0.15) is 17.0 Å². The third kappa shape index (κ3) is 5.66. The smallest absolute Gasteiger partial charge is 0.251 e. The van der Waals surface area contributed by atoms with Gasteiger partial charge < -0.3 is 15.0 Å². The predicted octanol–water partition coefficient (Wildman–Crippen LogP) is 3.02. The molecule has 0 atom stereocenters. The number of benzene rings is 1. The number of thioether (sulfide) groups is 1. The van der Waals surface area contributed by atoms with Crippen molar-refractivity contribution in [3.8, 4) is 5.75 Å². The van der Waals surface area contributed by atoms with Crippen LogP contribution in [0.3, 0.4) is 0 Å². The number of rotatable bonds is 7. The number of H-pyrrole nitrogens is 1. The van der Waals surface area contributed by atoms with Crippen LogP contribution in [0.5, 0.6) is 5.75 Å². The second-order valence-corrected chi connectivity index (χ2v) is 7.52. The summed E-state index contributed by atoms with van der Waals surface area (Å²) < 4.78 is 5.21. The lowest BCUT2D eigenvalue weighted by molar-refractivity contribution is -0.115. The van der Waals surface area contributed by atoms with E-state index in [1.165, 1.54) is 29.2 Å². The van der Waals surface area contributed by atoms with Crippen molar-refractivity contribution in [2.45, 2.75) is 24.3 Å². The fourth-order valence-corrected chi connectivity index (χ4v) is 3.84. The van der Waals surface area contributed by atoms with E-state index in [0.29, 0.717) is 21.7 Å². The molecule has 2 aromatic heterocycles. The van der Waals surface area contributed by atoms with Crippen molar-refractivity contribution in [3.63, 3.8) is 0 Å². The number of carbonyl (C=O) groups is 1. The molecule has 27 heavy (non-hydrogen) atoms. The van der Waals surface area contributed by atoms with E-state index in [0.717, 1.165) is 17.0 Å². The van der Waals surface area contributed by atoms with Gasteiger partial charge in [0.25, 0.3) is 5.56 Å². The number of ether oxygens (including phenoxy) is 1. The van der Waals surface area contributed by atoms with E-state index in [1.807, 2.05) is 36.6 Å². The Morgan fingerprint density at radius 1 is 1.33 bits per heavy atom. The van der Waals surface area contributed by atoms with Crippen molar-refractivity contribution in [1.82, 2.24) is 15.0 Å². The molecule has 0 saturated heterocycles. The Balaban J connectivity index is 1.64. The van der Waals surface area contributed by atoms with Crippen LogP contribution in [-0.4, -0.2) is 28.0 Å². The van der Waals surface area contributed by atoms with E-state index < -0.39 is 0 Å². The van der Waals surface area contributed by atoms with Crippen LogP contribution in [0.25, 0.3) is 0 Å². The summed E-state index contributed by atoms with van der Waals surface area (Å²) in [6.45, 7) is 1.86. The number of anilines is 1. The maximum Gasteiger partial charge on any atom is 0.251 e. The van der Waals surface area contributed by atoms with Crippen LogP contribution in [0.4, 0.5) is 5.13 Å². The van der Waals surface area contributed by atoms with Crippen molar-refractivity contribution in [3.05, 3.63) is 63.0 Å². The minimum Gasteiger partial charge on any atom is -0.497 e. The average Bonchev–Trinajstić information content (AvgIpc) is 3.04. The fourth-order valence-electron chi connectivity index (χ4n) is 2.30. The number of hydrogen-bond acceptors (Lipinski definition) is 7. The van der Waals surface area contributed by atoms with E-state index in [4.69, 9.17) is 4.74 Å². The van der Waals surface area contributed by atoms with Gasteiger partial charge in [-0.2, -0.15) is 0 Å². The molecule has 0 aliphatic rings. The summed E-state index contributed by atoms with van der Waals surface area (Å²) in [4.78, 5) is 35.3. The first-order chi connectivity index (χ1) is 13.0. The maximum absolute atomic E-state index is 12.1. The van der Waals surface area contributed by atoms with Crippen LogP contribution in [0.2, 0.25) is 0 Å². The normalized spacial score (nSPS) is 10.6. The van der Waals surface area contributed by atoms with Crippen LogP contribution < -0.4 is 15.6 Å². The highest BCUT2D eigenvalue weighted by Crippen LogP contribution is 2.21. The van der Waals surface area contributed by atoms with Gasteiger partial charge in [0.2, 0.25) is 5.91 Å². The largest absolute Gasteiger partial charge is 0.497 e. The molecule has 140 valence electrons. The van der Waals surface area contributed by atoms with Gasteiger partial charge >= 0.3 is 0 Å². The number of carbonyl (C=O) groups excluding carboxylic acids is 1. The van der Waals surface area contributed by atoms with Gasteiger partial charge in [0.1, 0.15) is 5.75 Å². The van der Waals surface area contributed by atoms with Gasteiger partial charge in [0.15, 0.2) is 10.3 Å². The Hall–Kier alpha value is -2.65. The van der Waals surface area contributed by atoms with Crippen LogP contribution >= 0.6 is 23.1 Å². The van der Waals surface area contributed by atoms with Crippen molar-refractivity contribution in [2.24, 2.45) is 0 Å². The highest BCUT2D eigenvalue weighted by molar-refractivity contribution is 7.98. The molecule has 1 aromatic carbocycles. The lowest BCUT2D eigenvalue weighted by Gasteiger charge is -2.06. The minimum atomic E-state index is -0.286. The third-order valence-corrected chi connectivity index (χ3v) is 5.31. The molecule has 3 aromatic rings. The summed E-state index contributed by atoms with van der Waals surface area (Å²) in [5.41, 5.74) is 2.02. The molecule has 9 heteroatoms. The molecule has 3 rings (SSSR count). The predicted molar refractivity (Wildman–Crippen MR) is 107 cm³/mol. The SMILES string of the molecule is COc1cccc(CSc2nc(CC(=O)Nc3nc(C)cs3)cc(=O)[nH]2)c1. The van der Waals surface area contributed by atoms with Gasteiger partial charge in [0, 0.05) is 17.2 Å². The summed E-state index contributed by atoms with van der Waals surface area (Å²) in [7, 11) is 1.62. The average molecular weight is 403 g/mol. The molecule has 7 nitrogen and oxygen atoms in total. The number of nitrogens with one attached hydrogen (secondary N) is 2. The van der Waals surface area contributed by atoms with E-state index in [2.05, 4.69) is 20.3 Å². The van der Waals surface area contributed by atoms with Gasteiger partial charge in [-0.1, -0.05) is 23.9 Å². The first-order valence-electron chi connectivity index (χ1n) is 8.10. The molecule has 0 bridgehead atoms. The summed E-state index contributed by atoms with van der Waals surface area (Å²) in [6.07, 6.45) is 0.00919. The van der Waals surface area contributed by atoms with Crippen LogP contribution in [0, 0.1) is 6.92 Å². The van der Waals surface area contributed by atoms with E-state index in [9.17, 15) is 9.59 Å². The number of nitrogens with zero attached hydrogens (tertiary/aromatic N) is 2. The first-order valence-corrected chi connectivity index (χ1v) is 9.96. The zero-order valence-corrected chi connectivity index (χ0v) is 16.4. The maximum atomic E-state index is 12.1. The lowest BCUT2D eigenvalue weighted by Crippen LogP contribution is -2.18. The molecule has 1 amide bonds. The van der Waals surface area contributed by atoms with Crippen molar-refractivity contribution in [2.75, 3.05) is 12.4 Å². The number of aromatic amines is 1. The Labute approximate surface area is 164 Å². The Kier molecular flexibility index (Phi) is 6.25. The number of aromatic nitrogens is 3. The van der Waals surface area contributed by atoms with Gasteiger partial charge in [-0.25, -0.2) is 9.97 Å². The number of thiazole rings is 1. The molecule has 0 fully saturated rings. The molecule has 0 spiro atoms. The third-order valence-electron chi connectivity index (χ3n) is 3.49. The second kappa shape index (κ2) is 8.83. The summed E-state index contributed by atoms with van der Waals surface area (Å²) in [6, 6.07) is 9.02. The van der Waals surface area contributed by atoms with Gasteiger partial charge in [-0.15, -0.1) is 11.3 Å². The number of amides is 1. The molecular weight excluding hydrogens is 384 g/mol. The molecule has 2 N–H and O–H groups in total. The Morgan fingerprint density at radius 2 is 2.19 bits per heavy atom. The Bertz CT molecular complexity index is 1000. The lowest BCUT2D eigenvalue weighted by atomic mass is 10.2. The van der Waals surface area contributed by atoms with Crippen LogP contribution in [0.15, 0.2) is 45.7 Å². The van der Waals surface area contributed by atoms with Crippen molar-refractivity contribution < 1.29 is 9.53 Å². The van der Waals surface area contributed by atoms with Crippen molar-refractivity contribution in [1.29, 1.82) is 0 Å². The van der Waals surface area contributed by atoms with E-state index >= 15 is 0 Å². The zero-order valence-electron chi connectivity index (χ0n) is 14.8.